The highest BCUT2D eigenvalue weighted by atomic mass is 31.1. The Labute approximate surface area is 259 Å². The molecular formula is C38H56O2P2. The van der Waals surface area contributed by atoms with E-state index in [1.165, 1.54) is 140 Å². The van der Waals surface area contributed by atoms with Crippen molar-refractivity contribution in [3.63, 3.8) is 0 Å². The average molecular weight is 607 g/mol. The van der Waals surface area contributed by atoms with E-state index < -0.39 is 0 Å². The Kier molecular flexibility index (Phi) is 11.2. The minimum Gasteiger partial charge on any atom is -0.496 e. The van der Waals surface area contributed by atoms with Gasteiger partial charge in [0.1, 0.15) is 11.5 Å². The van der Waals surface area contributed by atoms with Crippen LogP contribution in [0.5, 0.6) is 11.5 Å². The maximum Gasteiger partial charge on any atom is 0.130 e. The summed E-state index contributed by atoms with van der Waals surface area (Å²) in [7, 11) is 3.25. The van der Waals surface area contributed by atoms with Crippen molar-refractivity contribution in [1.82, 2.24) is 0 Å². The third-order valence-electron chi connectivity index (χ3n) is 11.1. The van der Waals surface area contributed by atoms with Crippen LogP contribution in [0, 0.1) is 0 Å². The van der Waals surface area contributed by atoms with Gasteiger partial charge in [0.05, 0.1) is 19.8 Å². The Morgan fingerprint density at radius 2 is 0.857 bits per heavy atom. The molecule has 2 aromatic carbocycles. The van der Waals surface area contributed by atoms with Crippen LogP contribution in [0.25, 0.3) is 11.1 Å². The van der Waals surface area contributed by atoms with Gasteiger partial charge in [-0.2, -0.15) is 0 Å². The SMILES string of the molecule is COc1cccc(OC)c1-c1cccc(P(C2CCCCC2)C2CCCCC2)c1P(C1CCCCC1)C1CCCCC1. The number of methoxy groups -OCH3 is 2. The van der Waals surface area contributed by atoms with Crippen LogP contribution in [0.1, 0.15) is 128 Å². The molecule has 4 fully saturated rings. The number of hydrogen-bond donors (Lipinski definition) is 0. The van der Waals surface area contributed by atoms with E-state index in [0.717, 1.165) is 34.1 Å². The molecule has 6 rings (SSSR count). The highest BCUT2D eigenvalue weighted by Crippen LogP contribution is 2.61. The summed E-state index contributed by atoms with van der Waals surface area (Å²) in [6.07, 6.45) is 29.0. The lowest BCUT2D eigenvalue weighted by molar-refractivity contribution is 0.397. The molecule has 0 bridgehead atoms. The first-order valence-electron chi connectivity index (χ1n) is 17.7. The first-order valence-corrected chi connectivity index (χ1v) is 20.7. The zero-order valence-electron chi connectivity index (χ0n) is 26.6. The van der Waals surface area contributed by atoms with E-state index in [1.54, 1.807) is 0 Å². The molecule has 0 N–H and O–H groups in total. The largest absolute Gasteiger partial charge is 0.496 e. The van der Waals surface area contributed by atoms with Crippen LogP contribution >= 0.6 is 15.8 Å². The summed E-state index contributed by atoms with van der Waals surface area (Å²) in [5, 5.41) is 3.67. The summed E-state index contributed by atoms with van der Waals surface area (Å²) in [5.74, 6) is 1.96. The molecule has 2 nitrogen and oxygen atoms in total. The predicted octanol–water partition coefficient (Wildman–Crippen LogP) is 10.9. The molecule has 0 amide bonds. The molecule has 0 aliphatic heterocycles. The van der Waals surface area contributed by atoms with Crippen LogP contribution in [0.4, 0.5) is 0 Å². The summed E-state index contributed by atoms with van der Waals surface area (Å²) in [6.45, 7) is 0. The second-order valence-electron chi connectivity index (χ2n) is 13.7. The van der Waals surface area contributed by atoms with Gasteiger partial charge in [-0.25, -0.2) is 0 Å². The van der Waals surface area contributed by atoms with Crippen molar-refractivity contribution in [2.45, 2.75) is 151 Å². The van der Waals surface area contributed by atoms with Gasteiger partial charge in [0.2, 0.25) is 0 Å². The molecule has 4 aliphatic carbocycles. The molecule has 0 heterocycles. The van der Waals surface area contributed by atoms with Crippen LogP contribution in [-0.2, 0) is 0 Å². The van der Waals surface area contributed by atoms with E-state index in [-0.39, 0.29) is 15.8 Å². The molecule has 4 heteroatoms. The van der Waals surface area contributed by atoms with Crippen molar-refractivity contribution >= 4 is 26.5 Å². The Hall–Kier alpha value is -1.10. The van der Waals surface area contributed by atoms with Gasteiger partial charge in [0.25, 0.3) is 0 Å². The lowest BCUT2D eigenvalue weighted by Crippen LogP contribution is -2.38. The van der Waals surface area contributed by atoms with Gasteiger partial charge in [-0.1, -0.05) is 117 Å². The van der Waals surface area contributed by atoms with E-state index >= 15 is 0 Å². The third kappa shape index (κ3) is 6.76. The van der Waals surface area contributed by atoms with Gasteiger partial charge in [-0.05, 0) is 102 Å². The monoisotopic (exact) mass is 606 g/mol. The summed E-state index contributed by atoms with van der Waals surface area (Å²) in [6, 6.07) is 14.0. The van der Waals surface area contributed by atoms with Crippen LogP contribution in [0.15, 0.2) is 36.4 Å². The molecule has 2 aromatic rings. The van der Waals surface area contributed by atoms with E-state index in [0.29, 0.717) is 0 Å². The molecule has 0 spiro atoms. The minimum absolute atomic E-state index is 0.187. The number of ether oxygens (including phenoxy) is 2. The average Bonchev–Trinajstić information content (AvgIpc) is 3.07. The maximum atomic E-state index is 6.13. The fourth-order valence-electron chi connectivity index (χ4n) is 9.12. The molecule has 230 valence electrons. The lowest BCUT2D eigenvalue weighted by atomic mass is 9.99. The first kappa shape index (κ1) is 30.9. The Morgan fingerprint density at radius 1 is 0.476 bits per heavy atom. The van der Waals surface area contributed by atoms with E-state index in [9.17, 15) is 0 Å². The van der Waals surface area contributed by atoms with Crippen molar-refractivity contribution in [3.05, 3.63) is 36.4 Å². The van der Waals surface area contributed by atoms with Crippen LogP contribution in [0.3, 0.4) is 0 Å². The molecule has 0 aromatic heterocycles. The molecule has 4 aliphatic rings. The topological polar surface area (TPSA) is 18.5 Å². The molecule has 0 radical (unpaired) electrons. The quantitative estimate of drug-likeness (QED) is 0.264. The van der Waals surface area contributed by atoms with Crippen LogP contribution in [-0.4, -0.2) is 36.9 Å². The maximum absolute atomic E-state index is 6.13. The normalized spacial score (nSPS) is 22.1. The van der Waals surface area contributed by atoms with Gasteiger partial charge in [0, 0.05) is 0 Å². The second-order valence-corrected chi connectivity index (χ2v) is 19.2. The van der Waals surface area contributed by atoms with Gasteiger partial charge >= 0.3 is 0 Å². The van der Waals surface area contributed by atoms with E-state index in [2.05, 4.69) is 36.4 Å². The number of rotatable bonds is 9. The highest BCUT2D eigenvalue weighted by Gasteiger charge is 2.40. The van der Waals surface area contributed by atoms with E-state index in [1.807, 2.05) is 24.8 Å². The summed E-state index contributed by atoms with van der Waals surface area (Å²) in [5.41, 5.74) is 6.29. The van der Waals surface area contributed by atoms with E-state index in [4.69, 9.17) is 9.47 Å². The van der Waals surface area contributed by atoms with Gasteiger partial charge in [-0.15, -0.1) is 0 Å². The lowest BCUT2D eigenvalue weighted by Gasteiger charge is -2.44. The summed E-state index contributed by atoms with van der Waals surface area (Å²) in [4.78, 5) is 0. The molecule has 0 saturated heterocycles. The zero-order chi connectivity index (χ0) is 28.7. The molecule has 0 atom stereocenters. The van der Waals surface area contributed by atoms with Crippen molar-refractivity contribution in [1.29, 1.82) is 0 Å². The molecule has 0 unspecified atom stereocenters. The number of hydrogen-bond acceptors (Lipinski definition) is 2. The molecular weight excluding hydrogens is 550 g/mol. The Bertz CT molecular complexity index is 1070. The van der Waals surface area contributed by atoms with Gasteiger partial charge in [0.15, 0.2) is 0 Å². The number of benzene rings is 2. The predicted molar refractivity (Wildman–Crippen MR) is 186 cm³/mol. The van der Waals surface area contributed by atoms with Crippen molar-refractivity contribution in [2.24, 2.45) is 0 Å². The minimum atomic E-state index is -0.262. The Balaban J connectivity index is 1.59. The van der Waals surface area contributed by atoms with Crippen LogP contribution < -0.4 is 20.1 Å². The fraction of sp³-hybridized carbons (Fsp3) is 0.684. The smallest absolute Gasteiger partial charge is 0.130 e. The fourth-order valence-corrected chi connectivity index (χ4v) is 17.6. The second kappa shape index (κ2) is 15.3. The zero-order valence-corrected chi connectivity index (χ0v) is 28.4. The first-order chi connectivity index (χ1) is 20.8. The van der Waals surface area contributed by atoms with Gasteiger partial charge < -0.3 is 9.47 Å². The molecule has 4 saturated carbocycles. The third-order valence-corrected chi connectivity index (χ3v) is 18.4. The van der Waals surface area contributed by atoms with Crippen molar-refractivity contribution in [3.8, 4) is 22.6 Å². The molecule has 42 heavy (non-hydrogen) atoms. The van der Waals surface area contributed by atoms with Crippen molar-refractivity contribution in [2.75, 3.05) is 14.2 Å². The highest BCUT2D eigenvalue weighted by molar-refractivity contribution is 7.73. The Morgan fingerprint density at radius 3 is 1.26 bits per heavy atom. The standard InChI is InChI=1S/C38H56O2P2/c1-39-34-26-16-27-35(40-2)37(34)33-25-15-28-36(41(29-17-7-3-8-18-29)30-19-9-4-10-20-30)38(33)42(31-21-11-5-12-22-31)32-23-13-6-14-24-32/h15-16,25-32H,3-14,17-24H2,1-2H3. The van der Waals surface area contributed by atoms with Crippen LogP contribution in [0.2, 0.25) is 0 Å². The van der Waals surface area contributed by atoms with Gasteiger partial charge in [-0.3, -0.25) is 0 Å². The summed E-state index contributed by atoms with van der Waals surface area (Å²) >= 11 is 0. The van der Waals surface area contributed by atoms with Crippen molar-refractivity contribution < 1.29 is 9.47 Å². The summed E-state index contributed by atoms with van der Waals surface area (Å²) < 4.78 is 12.3.